The summed E-state index contributed by atoms with van der Waals surface area (Å²) < 4.78 is 6.48. The lowest BCUT2D eigenvalue weighted by molar-refractivity contribution is -0.125. The van der Waals surface area contributed by atoms with Crippen molar-refractivity contribution in [3.05, 3.63) is 96.8 Å². The molecule has 8 nitrogen and oxygen atoms in total. The van der Waals surface area contributed by atoms with E-state index in [0.29, 0.717) is 11.4 Å². The number of benzene rings is 3. The number of hydrogen-bond acceptors (Lipinski definition) is 7. The molecule has 0 unspecified atom stereocenters. The van der Waals surface area contributed by atoms with E-state index in [9.17, 15) is 9.59 Å². The SMILES string of the molecule is O=C1[C@@H]2[C@@H]3O[C@H]([C@@H]2C(=O)N1c1ccccc1)[C@@H]1[C@H]3C(c2cnc3ccccc3n2)=NN1c1ccccc1. The van der Waals surface area contributed by atoms with Gasteiger partial charge in [0.05, 0.1) is 70.3 Å². The number of hydrogen-bond donors (Lipinski definition) is 0. The van der Waals surface area contributed by atoms with Crippen molar-refractivity contribution in [1.82, 2.24) is 9.97 Å². The van der Waals surface area contributed by atoms with Gasteiger partial charge in [0.25, 0.3) is 0 Å². The molecular formula is C29H21N5O3. The van der Waals surface area contributed by atoms with Crippen LogP contribution in [0.25, 0.3) is 11.0 Å². The Morgan fingerprint density at radius 3 is 2.03 bits per heavy atom. The van der Waals surface area contributed by atoms with Gasteiger partial charge in [0.2, 0.25) is 11.8 Å². The van der Waals surface area contributed by atoms with Crippen LogP contribution < -0.4 is 9.91 Å². The predicted octanol–water partition coefficient (Wildman–Crippen LogP) is 3.43. The number of rotatable bonds is 3. The quantitative estimate of drug-likeness (QED) is 0.412. The Bertz CT molecular complexity index is 1610. The molecule has 0 radical (unpaired) electrons. The monoisotopic (exact) mass is 487 g/mol. The summed E-state index contributed by atoms with van der Waals surface area (Å²) in [7, 11) is 0. The molecule has 37 heavy (non-hydrogen) atoms. The van der Waals surface area contributed by atoms with Crippen molar-refractivity contribution in [2.45, 2.75) is 18.2 Å². The third kappa shape index (κ3) is 2.78. The van der Waals surface area contributed by atoms with E-state index < -0.39 is 24.0 Å². The number of anilines is 2. The summed E-state index contributed by atoms with van der Waals surface area (Å²) in [5, 5.41) is 7.01. The zero-order valence-electron chi connectivity index (χ0n) is 19.6. The van der Waals surface area contributed by atoms with Crippen LogP contribution in [0.3, 0.4) is 0 Å². The number of ether oxygens (including phenoxy) is 1. The van der Waals surface area contributed by atoms with Gasteiger partial charge in [-0.3, -0.25) is 19.6 Å². The molecule has 0 N–H and O–H groups in total. The second kappa shape index (κ2) is 7.54. The molecule has 2 bridgehead atoms. The normalized spacial score (nSPS) is 29.7. The molecular weight excluding hydrogens is 466 g/mol. The van der Waals surface area contributed by atoms with E-state index >= 15 is 0 Å². The molecule has 0 aliphatic carbocycles. The van der Waals surface area contributed by atoms with Crippen LogP contribution in [0.5, 0.6) is 0 Å². The Balaban J connectivity index is 1.25. The third-order valence-corrected chi connectivity index (χ3v) is 8.04. The Labute approximate surface area is 212 Å². The van der Waals surface area contributed by atoms with Crippen LogP contribution in [0, 0.1) is 17.8 Å². The lowest BCUT2D eigenvalue weighted by Gasteiger charge is -2.32. The van der Waals surface area contributed by atoms with Gasteiger partial charge in [-0.25, -0.2) is 9.88 Å². The molecule has 4 aliphatic rings. The summed E-state index contributed by atoms with van der Waals surface area (Å²) in [6, 6.07) is 26.5. The highest BCUT2D eigenvalue weighted by atomic mass is 16.5. The van der Waals surface area contributed by atoms with Crippen molar-refractivity contribution in [3.8, 4) is 0 Å². The molecule has 1 aromatic heterocycles. The first-order chi connectivity index (χ1) is 18.2. The van der Waals surface area contributed by atoms with Gasteiger partial charge in [0.15, 0.2) is 0 Å². The number of imide groups is 1. The average Bonchev–Trinajstić information content (AvgIpc) is 3.68. The molecule has 3 aromatic carbocycles. The maximum atomic E-state index is 13.7. The van der Waals surface area contributed by atoms with Gasteiger partial charge in [0.1, 0.15) is 5.69 Å². The van der Waals surface area contributed by atoms with E-state index in [4.69, 9.17) is 14.8 Å². The van der Waals surface area contributed by atoms with Crippen LogP contribution in [0.4, 0.5) is 11.4 Å². The average molecular weight is 488 g/mol. The molecule has 2 amide bonds. The number of aromatic nitrogens is 2. The van der Waals surface area contributed by atoms with Crippen LogP contribution in [-0.2, 0) is 14.3 Å². The highest BCUT2D eigenvalue weighted by Crippen LogP contribution is 2.56. The molecule has 5 heterocycles. The Kier molecular flexibility index (Phi) is 4.22. The maximum absolute atomic E-state index is 13.7. The fraction of sp³-hybridized carbons (Fsp3) is 0.207. The van der Waals surface area contributed by atoms with Crippen LogP contribution in [0.2, 0.25) is 0 Å². The van der Waals surface area contributed by atoms with Gasteiger partial charge in [-0.1, -0.05) is 48.5 Å². The highest BCUT2D eigenvalue weighted by molar-refractivity contribution is 6.23. The van der Waals surface area contributed by atoms with Gasteiger partial charge >= 0.3 is 0 Å². The predicted molar refractivity (Wildman–Crippen MR) is 137 cm³/mol. The van der Waals surface area contributed by atoms with Crippen molar-refractivity contribution in [3.63, 3.8) is 0 Å². The zero-order valence-corrected chi connectivity index (χ0v) is 19.6. The Morgan fingerprint density at radius 1 is 0.676 bits per heavy atom. The summed E-state index contributed by atoms with van der Waals surface area (Å²) in [5.41, 5.74) is 4.51. The van der Waals surface area contributed by atoms with Crippen molar-refractivity contribution in [2.24, 2.45) is 22.9 Å². The van der Waals surface area contributed by atoms with Crippen LogP contribution in [0.1, 0.15) is 5.69 Å². The summed E-state index contributed by atoms with van der Waals surface area (Å²) in [6.07, 6.45) is 0.819. The van der Waals surface area contributed by atoms with Gasteiger partial charge in [0, 0.05) is 0 Å². The van der Waals surface area contributed by atoms with Gasteiger partial charge < -0.3 is 4.74 Å². The van der Waals surface area contributed by atoms with E-state index in [1.807, 2.05) is 77.8 Å². The second-order valence-corrected chi connectivity index (χ2v) is 9.89. The molecule has 4 aromatic rings. The number of carbonyl (C=O) groups excluding carboxylic acids is 2. The van der Waals surface area contributed by atoms with E-state index in [1.54, 1.807) is 18.3 Å². The molecule has 4 aliphatic heterocycles. The zero-order chi connectivity index (χ0) is 24.7. The smallest absolute Gasteiger partial charge is 0.240 e. The first-order valence-electron chi connectivity index (χ1n) is 12.4. The standard InChI is InChI=1S/C29H21N5O3/c35-28-21-22(29(36)33(28)16-9-3-1-4-10-16)27-25-23(26(21)37-27)24(32-34(25)17-11-5-2-6-12-17)20-15-30-18-13-7-8-14-19(18)31-20/h1-15,21-23,25-27H/t21-,22+,23+,25-,26-,27+/m0/s1. The number of carbonyl (C=O) groups is 2. The van der Waals surface area contributed by atoms with E-state index in [0.717, 1.165) is 22.4 Å². The van der Waals surface area contributed by atoms with Crippen molar-refractivity contribution in [1.29, 1.82) is 0 Å². The minimum atomic E-state index is -0.548. The minimum absolute atomic E-state index is 0.195. The lowest BCUT2D eigenvalue weighted by atomic mass is 9.70. The number of amides is 2. The van der Waals surface area contributed by atoms with Crippen molar-refractivity contribution in [2.75, 3.05) is 9.91 Å². The Hall–Kier alpha value is -4.43. The van der Waals surface area contributed by atoms with Gasteiger partial charge in [-0.15, -0.1) is 0 Å². The van der Waals surface area contributed by atoms with Crippen LogP contribution in [-0.4, -0.2) is 45.7 Å². The summed E-state index contributed by atoms with van der Waals surface area (Å²) in [6.45, 7) is 0. The lowest BCUT2D eigenvalue weighted by Crippen LogP contribution is -2.50. The topological polar surface area (TPSA) is 88.0 Å². The fourth-order valence-corrected chi connectivity index (χ4v) is 6.56. The number of para-hydroxylation sites is 4. The van der Waals surface area contributed by atoms with Crippen LogP contribution >= 0.6 is 0 Å². The summed E-state index contributed by atoms with van der Waals surface area (Å²) >= 11 is 0. The maximum Gasteiger partial charge on any atom is 0.240 e. The largest absolute Gasteiger partial charge is 0.370 e. The van der Waals surface area contributed by atoms with E-state index in [1.165, 1.54) is 4.90 Å². The molecule has 0 saturated carbocycles. The Morgan fingerprint density at radius 2 is 1.30 bits per heavy atom. The van der Waals surface area contributed by atoms with E-state index in [-0.39, 0.29) is 23.8 Å². The first-order valence-corrected chi connectivity index (χ1v) is 12.4. The van der Waals surface area contributed by atoms with Gasteiger partial charge in [-0.2, -0.15) is 5.10 Å². The third-order valence-electron chi connectivity index (χ3n) is 8.04. The van der Waals surface area contributed by atoms with Gasteiger partial charge in [-0.05, 0) is 36.4 Å². The number of nitrogens with zero attached hydrogens (tertiary/aromatic N) is 5. The number of hydrazone groups is 1. The second-order valence-electron chi connectivity index (χ2n) is 9.89. The summed E-state index contributed by atoms with van der Waals surface area (Å²) in [5.74, 6) is -1.70. The molecule has 6 atom stereocenters. The molecule has 3 fully saturated rings. The molecule has 8 rings (SSSR count). The van der Waals surface area contributed by atoms with Crippen LogP contribution in [0.15, 0.2) is 96.2 Å². The molecule has 0 spiro atoms. The fourth-order valence-electron chi connectivity index (χ4n) is 6.56. The summed E-state index contributed by atoms with van der Waals surface area (Å²) in [4.78, 5) is 38.2. The number of fused-ring (bicyclic) bond motifs is 9. The molecule has 3 saturated heterocycles. The molecule has 8 heteroatoms. The minimum Gasteiger partial charge on any atom is -0.370 e. The van der Waals surface area contributed by atoms with Crippen molar-refractivity contribution < 1.29 is 14.3 Å². The highest BCUT2D eigenvalue weighted by Gasteiger charge is 2.72. The van der Waals surface area contributed by atoms with E-state index in [2.05, 4.69) is 4.98 Å². The molecule has 180 valence electrons. The first kappa shape index (κ1) is 20.7. The van der Waals surface area contributed by atoms with Crippen molar-refractivity contribution >= 4 is 39.9 Å².